The Labute approximate surface area is 297 Å². The second kappa shape index (κ2) is 13.2. The summed E-state index contributed by atoms with van der Waals surface area (Å²) < 4.78 is 7.65. The van der Waals surface area contributed by atoms with Crippen molar-refractivity contribution in [2.45, 2.75) is 66.4 Å². The Kier molecular flexibility index (Phi) is 8.91. The van der Waals surface area contributed by atoms with Gasteiger partial charge in [-0.15, -0.1) is 45.3 Å². The summed E-state index contributed by atoms with van der Waals surface area (Å²) in [5.41, 5.74) is 5.41. The van der Waals surface area contributed by atoms with E-state index in [2.05, 4.69) is 30.9 Å². The number of hydrogen-bond acceptors (Lipinski definition) is 13. The van der Waals surface area contributed by atoms with E-state index in [1.54, 1.807) is 63.7 Å². The summed E-state index contributed by atoms with van der Waals surface area (Å²) in [6.07, 6.45) is 6.68. The fourth-order valence-corrected chi connectivity index (χ4v) is 10.2. The summed E-state index contributed by atoms with van der Waals surface area (Å²) >= 11 is 6.32. The van der Waals surface area contributed by atoms with Crippen LogP contribution in [0.1, 0.15) is 55.5 Å². The normalized spacial score (nSPS) is 13.6. The van der Waals surface area contributed by atoms with Gasteiger partial charge in [0.15, 0.2) is 0 Å². The molecule has 0 fully saturated rings. The summed E-state index contributed by atoms with van der Waals surface area (Å²) in [7, 11) is 0. The molecule has 252 valence electrons. The molecule has 0 aromatic carbocycles. The minimum absolute atomic E-state index is 0.0492. The third-order valence-corrected chi connectivity index (χ3v) is 11.9. The molecule has 8 heterocycles. The maximum absolute atomic E-state index is 12.5. The minimum Gasteiger partial charge on any atom is -0.444 e. The maximum atomic E-state index is 12.5. The van der Waals surface area contributed by atoms with Crippen LogP contribution in [0.25, 0.3) is 41.6 Å². The lowest BCUT2D eigenvalue weighted by Gasteiger charge is -2.24. The highest BCUT2D eigenvalue weighted by atomic mass is 32.1. The van der Waals surface area contributed by atoms with E-state index in [0.717, 1.165) is 75.1 Å². The van der Waals surface area contributed by atoms with Crippen LogP contribution in [0.3, 0.4) is 0 Å². The van der Waals surface area contributed by atoms with E-state index in [1.807, 2.05) is 32.9 Å². The van der Waals surface area contributed by atoms with E-state index in [0.29, 0.717) is 13.1 Å². The lowest BCUT2D eigenvalue weighted by atomic mass is 10.1. The fourth-order valence-electron chi connectivity index (χ4n) is 5.55. The first kappa shape index (κ1) is 33.2. The lowest BCUT2D eigenvalue weighted by Crippen LogP contribution is -2.33. The van der Waals surface area contributed by atoms with Gasteiger partial charge in [0, 0.05) is 49.1 Å². The molecule has 6 aromatic heterocycles. The van der Waals surface area contributed by atoms with Crippen molar-refractivity contribution in [3.63, 3.8) is 0 Å². The highest BCUT2D eigenvalue weighted by molar-refractivity contribution is 7.23. The van der Waals surface area contributed by atoms with Crippen molar-refractivity contribution in [1.82, 2.24) is 30.2 Å². The van der Waals surface area contributed by atoms with Gasteiger partial charge in [0.25, 0.3) is 0 Å². The molecule has 2 aliphatic rings. The number of rotatable bonds is 4. The van der Waals surface area contributed by atoms with Crippen molar-refractivity contribution < 1.29 is 19.1 Å². The Morgan fingerprint density at radius 3 is 1.86 bits per heavy atom. The second-order valence-electron chi connectivity index (χ2n) is 12.4. The molecule has 0 aliphatic carbocycles. The maximum Gasteiger partial charge on any atom is 0.410 e. The van der Waals surface area contributed by atoms with Crippen LogP contribution < -0.4 is 16.0 Å². The smallest absolute Gasteiger partial charge is 0.410 e. The standard InChI is InChI=1S/C19H20N4O3S2.C14H12N4OS2/c1-10(24)21-16-15(17-22-12-7-20-6-5-13(12)27-17)11-8-23(9-14(11)28-16)18(25)26-19(2,3)4;1-7(19)17-13-12(8-4-16-6-11(8)21-13)14-18-9-5-15-3-2-10(9)20-14/h5-7H,8-9H2,1-4H3,(H,21,24);2-3,5,16H,4,6H2,1H3,(H,17,19). The first-order chi connectivity index (χ1) is 23.4. The number of fused-ring (bicyclic) bond motifs is 4. The Bertz CT molecular complexity index is 2180. The Balaban J connectivity index is 0.000000160. The van der Waals surface area contributed by atoms with Gasteiger partial charge in [0.2, 0.25) is 11.8 Å². The predicted molar refractivity (Wildman–Crippen MR) is 196 cm³/mol. The SMILES string of the molecule is CC(=O)Nc1sc2c(c1-c1nc3cnccc3s1)CN(C(=O)OC(C)(C)C)C2.CC(=O)Nc1sc2c(c1-c1nc3cnccc3s1)CNC2. The molecule has 6 aromatic rings. The Morgan fingerprint density at radius 1 is 0.776 bits per heavy atom. The van der Waals surface area contributed by atoms with Gasteiger partial charge in [-0.05, 0) is 44.0 Å². The zero-order valence-corrected chi connectivity index (χ0v) is 30.6. The van der Waals surface area contributed by atoms with Crippen molar-refractivity contribution in [2.24, 2.45) is 0 Å². The molecular formula is C33H32N8O4S4. The van der Waals surface area contributed by atoms with E-state index >= 15 is 0 Å². The number of carbonyl (C=O) groups excluding carboxylic acids is 3. The van der Waals surface area contributed by atoms with Crippen LogP contribution in [-0.4, -0.2) is 48.3 Å². The van der Waals surface area contributed by atoms with Crippen LogP contribution >= 0.6 is 45.3 Å². The van der Waals surface area contributed by atoms with Crippen molar-refractivity contribution in [3.8, 4) is 21.1 Å². The summed E-state index contributed by atoms with van der Waals surface area (Å²) in [6, 6.07) is 3.90. The average Bonchev–Trinajstić information content (AvgIpc) is 3.85. The Hall–Kier alpha value is -4.35. The van der Waals surface area contributed by atoms with Gasteiger partial charge < -0.3 is 20.7 Å². The van der Waals surface area contributed by atoms with E-state index in [1.165, 1.54) is 35.6 Å². The van der Waals surface area contributed by atoms with Crippen molar-refractivity contribution in [3.05, 3.63) is 57.8 Å². The molecule has 0 saturated heterocycles. The molecule has 2 aliphatic heterocycles. The minimum atomic E-state index is -0.544. The summed E-state index contributed by atoms with van der Waals surface area (Å²) in [6.45, 7) is 11.2. The molecule has 0 spiro atoms. The molecule has 12 nitrogen and oxygen atoms in total. The van der Waals surface area contributed by atoms with Gasteiger partial charge in [-0.1, -0.05) is 0 Å². The lowest BCUT2D eigenvalue weighted by molar-refractivity contribution is -0.115. The largest absolute Gasteiger partial charge is 0.444 e. The van der Waals surface area contributed by atoms with Gasteiger partial charge in [-0.2, -0.15) is 0 Å². The van der Waals surface area contributed by atoms with Crippen LogP contribution in [0.5, 0.6) is 0 Å². The van der Waals surface area contributed by atoms with Gasteiger partial charge >= 0.3 is 6.09 Å². The van der Waals surface area contributed by atoms with Crippen LogP contribution in [0.2, 0.25) is 0 Å². The number of thiophene rings is 2. The fraction of sp³-hybridized carbons (Fsp3) is 0.303. The number of carbonyl (C=O) groups is 3. The van der Waals surface area contributed by atoms with Gasteiger partial charge in [-0.25, -0.2) is 14.8 Å². The van der Waals surface area contributed by atoms with E-state index < -0.39 is 5.60 Å². The monoisotopic (exact) mass is 732 g/mol. The van der Waals surface area contributed by atoms with E-state index in [9.17, 15) is 14.4 Å². The molecule has 0 atom stereocenters. The molecule has 0 unspecified atom stereocenters. The second-order valence-corrected chi connectivity index (χ2v) is 16.7. The number of nitrogens with one attached hydrogen (secondary N) is 3. The van der Waals surface area contributed by atoms with Crippen LogP contribution in [0.15, 0.2) is 36.9 Å². The Morgan fingerprint density at radius 2 is 1.33 bits per heavy atom. The molecular weight excluding hydrogens is 701 g/mol. The molecule has 3 amide bonds. The zero-order chi connectivity index (χ0) is 34.4. The number of ether oxygens (including phenoxy) is 1. The van der Waals surface area contributed by atoms with Gasteiger partial charge in [0.05, 0.1) is 46.0 Å². The van der Waals surface area contributed by atoms with Crippen molar-refractivity contribution in [2.75, 3.05) is 10.6 Å². The first-order valence-corrected chi connectivity index (χ1v) is 18.6. The number of pyridine rings is 2. The molecule has 3 N–H and O–H groups in total. The zero-order valence-electron chi connectivity index (χ0n) is 27.3. The third kappa shape index (κ3) is 6.91. The van der Waals surface area contributed by atoms with E-state index in [-0.39, 0.29) is 17.9 Å². The molecule has 16 heteroatoms. The highest BCUT2D eigenvalue weighted by Gasteiger charge is 2.34. The van der Waals surface area contributed by atoms with Crippen molar-refractivity contribution >= 4 is 93.7 Å². The number of nitrogens with zero attached hydrogens (tertiary/aromatic N) is 5. The van der Waals surface area contributed by atoms with E-state index in [4.69, 9.17) is 9.72 Å². The molecule has 49 heavy (non-hydrogen) atoms. The number of amides is 3. The van der Waals surface area contributed by atoms with Gasteiger partial charge in [-0.3, -0.25) is 24.5 Å². The number of aromatic nitrogens is 4. The van der Waals surface area contributed by atoms with Crippen LogP contribution in [0.4, 0.5) is 14.8 Å². The number of thiazole rings is 2. The summed E-state index contributed by atoms with van der Waals surface area (Å²) in [4.78, 5) is 57.3. The van der Waals surface area contributed by atoms with Crippen molar-refractivity contribution in [1.29, 1.82) is 0 Å². The number of hydrogen-bond donors (Lipinski definition) is 3. The van der Waals surface area contributed by atoms with Crippen LogP contribution in [0, 0.1) is 0 Å². The van der Waals surface area contributed by atoms with Gasteiger partial charge in [0.1, 0.15) is 36.7 Å². The number of anilines is 2. The van der Waals surface area contributed by atoms with Crippen LogP contribution in [-0.2, 0) is 40.5 Å². The third-order valence-electron chi connectivity index (χ3n) is 7.49. The summed E-state index contributed by atoms with van der Waals surface area (Å²) in [5, 5.41) is 12.7. The molecule has 0 saturated carbocycles. The predicted octanol–water partition coefficient (Wildman–Crippen LogP) is 7.61. The molecule has 8 rings (SSSR count). The summed E-state index contributed by atoms with van der Waals surface area (Å²) in [5.74, 6) is -0.181. The molecule has 0 bridgehead atoms. The average molecular weight is 733 g/mol. The topological polar surface area (TPSA) is 151 Å². The highest BCUT2D eigenvalue weighted by Crippen LogP contribution is 2.48. The molecule has 0 radical (unpaired) electrons. The quantitative estimate of drug-likeness (QED) is 0.166. The first-order valence-electron chi connectivity index (χ1n) is 15.4.